The van der Waals surface area contributed by atoms with Crippen molar-refractivity contribution in [2.24, 2.45) is 0 Å². The molecule has 0 aromatic heterocycles. The molecule has 7 heteroatoms. The highest BCUT2D eigenvalue weighted by Gasteiger charge is 2.17. The Labute approximate surface area is 161 Å². The van der Waals surface area contributed by atoms with Crippen molar-refractivity contribution >= 4 is 35.2 Å². The molecule has 2 aromatic carbocycles. The summed E-state index contributed by atoms with van der Waals surface area (Å²) < 4.78 is 5.10. The molecule has 0 saturated heterocycles. The van der Waals surface area contributed by atoms with Crippen molar-refractivity contribution in [2.45, 2.75) is 30.0 Å². The van der Waals surface area contributed by atoms with Crippen LogP contribution in [0.15, 0.2) is 53.4 Å². The summed E-state index contributed by atoms with van der Waals surface area (Å²) in [7, 11) is 0. The maximum absolute atomic E-state index is 12.4. The number of carboxylic acid groups (broad SMARTS) is 1. The second-order valence-corrected chi connectivity index (χ2v) is 7.55. The van der Waals surface area contributed by atoms with E-state index in [1.54, 1.807) is 36.4 Å². The molecule has 0 bridgehead atoms. The minimum absolute atomic E-state index is 0.0661. The smallest absolute Gasteiger partial charge is 0.341 e. The lowest BCUT2D eigenvalue weighted by molar-refractivity contribution is -0.139. The second kappa shape index (κ2) is 9.50. The molecule has 0 radical (unpaired) electrons. The number of ether oxygens (including phenoxy) is 1. The lowest BCUT2D eigenvalue weighted by Crippen LogP contribution is -2.33. The number of thioether (sulfide) groups is 1. The Morgan fingerprint density at radius 1 is 1.12 bits per heavy atom. The van der Waals surface area contributed by atoms with Gasteiger partial charge in [-0.15, -0.1) is 11.8 Å². The molecule has 0 spiro atoms. The molecule has 5 nitrogen and oxygen atoms in total. The van der Waals surface area contributed by atoms with Gasteiger partial charge in [0.25, 0.3) is 0 Å². The van der Waals surface area contributed by atoms with E-state index >= 15 is 0 Å². The van der Waals surface area contributed by atoms with Gasteiger partial charge in [0.1, 0.15) is 5.75 Å². The van der Waals surface area contributed by atoms with E-state index in [2.05, 4.69) is 5.32 Å². The first-order chi connectivity index (χ1) is 12.3. The SMILES string of the molecule is CC(Sc1ccc(Cl)cc1)C(=O)NC(C)c1ccc(OCC(=O)O)cc1. The molecule has 0 aliphatic heterocycles. The third kappa shape index (κ3) is 6.28. The summed E-state index contributed by atoms with van der Waals surface area (Å²) in [6, 6.07) is 14.2. The molecule has 2 N–H and O–H groups in total. The normalized spacial score (nSPS) is 12.9. The van der Waals surface area contributed by atoms with Crippen LogP contribution in [-0.2, 0) is 9.59 Å². The van der Waals surface area contributed by atoms with Crippen LogP contribution >= 0.6 is 23.4 Å². The lowest BCUT2D eigenvalue weighted by Gasteiger charge is -2.18. The van der Waals surface area contributed by atoms with Crippen LogP contribution in [0.1, 0.15) is 25.5 Å². The predicted octanol–water partition coefficient (Wildman–Crippen LogP) is 4.16. The summed E-state index contributed by atoms with van der Waals surface area (Å²) in [4.78, 5) is 23.9. The first kappa shape index (κ1) is 20.1. The summed E-state index contributed by atoms with van der Waals surface area (Å²) in [6.07, 6.45) is 0. The van der Waals surface area contributed by atoms with Crippen LogP contribution in [-0.4, -0.2) is 28.8 Å². The van der Waals surface area contributed by atoms with Crippen molar-refractivity contribution in [1.29, 1.82) is 0 Å². The highest BCUT2D eigenvalue weighted by Crippen LogP contribution is 2.25. The van der Waals surface area contributed by atoms with Crippen LogP contribution in [0.3, 0.4) is 0 Å². The quantitative estimate of drug-likeness (QED) is 0.658. The molecule has 0 fully saturated rings. The van der Waals surface area contributed by atoms with Crippen LogP contribution in [0.4, 0.5) is 0 Å². The van der Waals surface area contributed by atoms with Gasteiger partial charge in [0.2, 0.25) is 5.91 Å². The number of amides is 1. The van der Waals surface area contributed by atoms with Crippen molar-refractivity contribution in [3.8, 4) is 5.75 Å². The maximum atomic E-state index is 12.4. The first-order valence-corrected chi connectivity index (χ1v) is 9.28. The largest absolute Gasteiger partial charge is 0.482 e. The van der Waals surface area contributed by atoms with Gasteiger partial charge in [-0.3, -0.25) is 4.79 Å². The summed E-state index contributed by atoms with van der Waals surface area (Å²) in [5.41, 5.74) is 0.907. The van der Waals surface area contributed by atoms with Gasteiger partial charge >= 0.3 is 5.97 Å². The Hall–Kier alpha value is -2.18. The number of carboxylic acids is 1. The van der Waals surface area contributed by atoms with E-state index in [-0.39, 0.29) is 23.8 Å². The summed E-state index contributed by atoms with van der Waals surface area (Å²) in [5.74, 6) is -0.619. The molecule has 2 unspecified atom stereocenters. The number of nitrogens with one attached hydrogen (secondary N) is 1. The van der Waals surface area contributed by atoms with Crippen molar-refractivity contribution < 1.29 is 19.4 Å². The van der Waals surface area contributed by atoms with E-state index < -0.39 is 5.97 Å². The Kier molecular flexibility index (Phi) is 7.36. The third-order valence-electron chi connectivity index (χ3n) is 3.60. The molecule has 26 heavy (non-hydrogen) atoms. The van der Waals surface area contributed by atoms with Gasteiger partial charge in [-0.1, -0.05) is 23.7 Å². The summed E-state index contributed by atoms with van der Waals surface area (Å²) in [6.45, 7) is 3.36. The number of aliphatic carboxylic acids is 1. The van der Waals surface area contributed by atoms with E-state index in [0.717, 1.165) is 10.5 Å². The average Bonchev–Trinajstić information content (AvgIpc) is 2.62. The fourth-order valence-corrected chi connectivity index (χ4v) is 3.19. The molecule has 0 saturated carbocycles. The Morgan fingerprint density at radius 2 is 1.73 bits per heavy atom. The Balaban J connectivity index is 1.89. The molecule has 2 atom stereocenters. The fraction of sp³-hybridized carbons (Fsp3) is 0.263. The summed E-state index contributed by atoms with van der Waals surface area (Å²) >= 11 is 7.33. The zero-order chi connectivity index (χ0) is 19.1. The minimum Gasteiger partial charge on any atom is -0.482 e. The molecular formula is C19H20ClNO4S. The van der Waals surface area contributed by atoms with E-state index in [9.17, 15) is 9.59 Å². The monoisotopic (exact) mass is 393 g/mol. The van der Waals surface area contributed by atoms with Crippen molar-refractivity contribution in [1.82, 2.24) is 5.32 Å². The van der Waals surface area contributed by atoms with E-state index in [4.69, 9.17) is 21.4 Å². The second-order valence-electron chi connectivity index (χ2n) is 5.70. The van der Waals surface area contributed by atoms with Crippen LogP contribution in [0, 0.1) is 0 Å². The highest BCUT2D eigenvalue weighted by molar-refractivity contribution is 8.00. The van der Waals surface area contributed by atoms with E-state index in [0.29, 0.717) is 10.8 Å². The van der Waals surface area contributed by atoms with Crippen LogP contribution in [0.2, 0.25) is 5.02 Å². The van der Waals surface area contributed by atoms with Crippen molar-refractivity contribution in [3.05, 3.63) is 59.1 Å². The van der Waals surface area contributed by atoms with Gasteiger partial charge in [-0.2, -0.15) is 0 Å². The van der Waals surface area contributed by atoms with Crippen molar-refractivity contribution in [2.75, 3.05) is 6.61 Å². The minimum atomic E-state index is -1.03. The van der Waals surface area contributed by atoms with Gasteiger partial charge in [-0.05, 0) is 55.8 Å². The Bertz CT molecular complexity index is 749. The highest BCUT2D eigenvalue weighted by atomic mass is 35.5. The molecule has 0 aliphatic rings. The molecule has 2 rings (SSSR count). The van der Waals surface area contributed by atoms with Crippen LogP contribution in [0.25, 0.3) is 0 Å². The predicted molar refractivity (Wildman–Crippen MR) is 103 cm³/mol. The molecule has 1 amide bonds. The third-order valence-corrected chi connectivity index (χ3v) is 4.96. The van der Waals surface area contributed by atoms with E-state index in [1.165, 1.54) is 11.8 Å². The van der Waals surface area contributed by atoms with Gasteiger partial charge in [0.05, 0.1) is 11.3 Å². The Morgan fingerprint density at radius 3 is 2.31 bits per heavy atom. The standard InChI is InChI=1S/C19H20ClNO4S/c1-12(14-3-7-16(8-4-14)25-11-18(22)23)21-19(24)13(2)26-17-9-5-15(20)6-10-17/h3-10,12-13H,11H2,1-2H3,(H,21,24)(H,22,23). The number of hydrogen-bond acceptors (Lipinski definition) is 4. The van der Waals surface area contributed by atoms with Crippen LogP contribution < -0.4 is 10.1 Å². The molecule has 138 valence electrons. The summed E-state index contributed by atoms with van der Waals surface area (Å²) in [5, 5.41) is 12.0. The van der Waals surface area contributed by atoms with Crippen molar-refractivity contribution in [3.63, 3.8) is 0 Å². The number of hydrogen-bond donors (Lipinski definition) is 2. The molecule has 0 heterocycles. The fourth-order valence-electron chi connectivity index (χ4n) is 2.18. The van der Waals surface area contributed by atoms with E-state index in [1.807, 2.05) is 26.0 Å². The molecular weight excluding hydrogens is 374 g/mol. The number of benzene rings is 2. The zero-order valence-corrected chi connectivity index (χ0v) is 16.0. The lowest BCUT2D eigenvalue weighted by atomic mass is 10.1. The average molecular weight is 394 g/mol. The molecule has 0 aliphatic carbocycles. The van der Waals surface area contributed by atoms with Crippen LogP contribution in [0.5, 0.6) is 5.75 Å². The topological polar surface area (TPSA) is 75.6 Å². The van der Waals surface area contributed by atoms with Gasteiger partial charge in [-0.25, -0.2) is 4.79 Å². The number of halogens is 1. The maximum Gasteiger partial charge on any atom is 0.341 e. The number of carbonyl (C=O) groups is 2. The van der Waals surface area contributed by atoms with Gasteiger partial charge in [0, 0.05) is 9.92 Å². The van der Waals surface area contributed by atoms with Gasteiger partial charge < -0.3 is 15.2 Å². The first-order valence-electron chi connectivity index (χ1n) is 8.02. The number of rotatable bonds is 8. The van der Waals surface area contributed by atoms with Gasteiger partial charge in [0.15, 0.2) is 6.61 Å². The molecule has 2 aromatic rings. The zero-order valence-electron chi connectivity index (χ0n) is 14.4. The number of carbonyl (C=O) groups excluding carboxylic acids is 1.